The van der Waals surface area contributed by atoms with Crippen LogP contribution in [0.2, 0.25) is 0 Å². The van der Waals surface area contributed by atoms with Crippen molar-refractivity contribution in [2.75, 3.05) is 12.4 Å². The lowest BCUT2D eigenvalue weighted by atomic mass is 10.1. The minimum atomic E-state index is -4.37. The van der Waals surface area contributed by atoms with Crippen molar-refractivity contribution < 1.29 is 18.1 Å². The van der Waals surface area contributed by atoms with Crippen LogP contribution in [0.1, 0.15) is 42.5 Å². The molecular formula is C21H25N5O4S. The summed E-state index contributed by atoms with van der Waals surface area (Å²) in [7, 11) is -3.09. The molecule has 5 rings (SSSR count). The number of aryl methyl sites for hydroxylation is 1. The molecule has 9 nitrogen and oxygen atoms in total. The molecule has 10 heteroatoms. The van der Waals surface area contributed by atoms with Gasteiger partial charge in [-0.15, -0.1) is 0 Å². The fraction of sp³-hybridized carbons (Fsp3) is 0.429. The summed E-state index contributed by atoms with van der Waals surface area (Å²) in [5.74, 6) is 0.760. The molecule has 4 atom stereocenters. The van der Waals surface area contributed by atoms with Crippen LogP contribution in [0.5, 0.6) is 0 Å². The number of hydrogen-bond acceptors (Lipinski definition) is 6. The standard InChI is InChI=1S/C21H25N5O4S/c1-25(31(28,29)30)18-10-14(11-19(18)27)26-9-8-16-20(22-12-23-21(16)26)24-17-7-6-13-4-2-3-5-15(13)17/h2-5,8-9,12,14,17-19,27H,6-7,10-11H2,1H3,(H,22,23,24)(H,28,29,30)/t14-,17+,18+,19+/m1/s1. The highest BCUT2D eigenvalue weighted by Crippen LogP contribution is 2.38. The predicted molar refractivity (Wildman–Crippen MR) is 116 cm³/mol. The molecular weight excluding hydrogens is 418 g/mol. The summed E-state index contributed by atoms with van der Waals surface area (Å²) in [5.41, 5.74) is 3.39. The molecule has 1 saturated carbocycles. The number of nitrogens with one attached hydrogen (secondary N) is 1. The Bertz CT molecular complexity index is 1230. The summed E-state index contributed by atoms with van der Waals surface area (Å²) in [6, 6.07) is 9.74. The van der Waals surface area contributed by atoms with Crippen molar-refractivity contribution in [1.29, 1.82) is 0 Å². The molecule has 0 bridgehead atoms. The largest absolute Gasteiger partial charge is 0.391 e. The van der Waals surface area contributed by atoms with Gasteiger partial charge >= 0.3 is 10.3 Å². The number of anilines is 1. The van der Waals surface area contributed by atoms with E-state index in [9.17, 15) is 18.1 Å². The number of hydrogen-bond donors (Lipinski definition) is 3. The lowest BCUT2D eigenvalue weighted by Gasteiger charge is -2.23. The van der Waals surface area contributed by atoms with Gasteiger partial charge in [0.05, 0.1) is 23.6 Å². The second kappa shape index (κ2) is 7.56. The molecule has 3 N–H and O–H groups in total. The fourth-order valence-corrected chi connectivity index (χ4v) is 5.58. The number of aliphatic hydroxyl groups is 1. The highest BCUT2D eigenvalue weighted by atomic mass is 32.2. The number of nitrogens with zero attached hydrogens (tertiary/aromatic N) is 4. The van der Waals surface area contributed by atoms with E-state index in [4.69, 9.17) is 0 Å². The molecule has 3 aromatic rings. The minimum absolute atomic E-state index is 0.142. The SMILES string of the molecule is CN([C@H]1C[C@@H](n2ccc3c(N[C@H]4CCc5ccccc54)ncnc32)C[C@@H]1O)S(=O)(=O)O. The molecule has 0 radical (unpaired) electrons. The first-order valence-electron chi connectivity index (χ1n) is 10.4. The maximum Gasteiger partial charge on any atom is 0.335 e. The first kappa shape index (κ1) is 20.4. The van der Waals surface area contributed by atoms with E-state index in [1.807, 2.05) is 16.8 Å². The zero-order valence-electron chi connectivity index (χ0n) is 17.1. The maximum atomic E-state index is 11.5. The highest BCUT2D eigenvalue weighted by Gasteiger charge is 2.40. The van der Waals surface area contributed by atoms with E-state index < -0.39 is 22.4 Å². The minimum Gasteiger partial charge on any atom is -0.391 e. The van der Waals surface area contributed by atoms with Crippen LogP contribution in [0.25, 0.3) is 11.0 Å². The summed E-state index contributed by atoms with van der Waals surface area (Å²) in [6.45, 7) is 0. The molecule has 1 fully saturated rings. The van der Waals surface area contributed by atoms with Crippen LogP contribution in [-0.2, 0) is 16.7 Å². The molecule has 0 aliphatic heterocycles. The van der Waals surface area contributed by atoms with Crippen molar-refractivity contribution in [1.82, 2.24) is 18.8 Å². The molecule has 0 spiro atoms. The molecule has 2 heterocycles. The normalized spacial score (nSPS) is 25.9. The summed E-state index contributed by atoms with van der Waals surface area (Å²) in [4.78, 5) is 8.93. The number of aromatic nitrogens is 3. The Morgan fingerprint density at radius 3 is 2.81 bits per heavy atom. The van der Waals surface area contributed by atoms with Gasteiger partial charge in [0, 0.05) is 19.3 Å². The Kier molecular flexibility index (Phi) is 4.97. The summed E-state index contributed by atoms with van der Waals surface area (Å²) in [5, 5.41) is 14.9. The van der Waals surface area contributed by atoms with Crippen LogP contribution in [0, 0.1) is 0 Å². The van der Waals surface area contributed by atoms with Crippen molar-refractivity contribution >= 4 is 27.2 Å². The van der Waals surface area contributed by atoms with Crippen LogP contribution in [-0.4, -0.2) is 56.1 Å². The summed E-state index contributed by atoms with van der Waals surface area (Å²) < 4.78 is 35.1. The average molecular weight is 444 g/mol. The van der Waals surface area contributed by atoms with E-state index in [1.54, 1.807) is 0 Å². The van der Waals surface area contributed by atoms with Crippen molar-refractivity contribution in [2.45, 2.75) is 49.9 Å². The lowest BCUT2D eigenvalue weighted by molar-refractivity contribution is 0.117. The van der Waals surface area contributed by atoms with Gasteiger partial charge in [0.15, 0.2) is 0 Å². The maximum absolute atomic E-state index is 11.5. The predicted octanol–water partition coefficient (Wildman–Crippen LogP) is 2.33. The second-order valence-corrected chi connectivity index (χ2v) is 9.84. The van der Waals surface area contributed by atoms with E-state index in [-0.39, 0.29) is 12.1 Å². The van der Waals surface area contributed by atoms with E-state index in [0.29, 0.717) is 12.8 Å². The van der Waals surface area contributed by atoms with Crippen LogP contribution in [0.4, 0.5) is 5.82 Å². The quantitative estimate of drug-likeness (QED) is 0.518. The van der Waals surface area contributed by atoms with Crippen molar-refractivity contribution in [3.05, 3.63) is 54.0 Å². The van der Waals surface area contributed by atoms with Crippen LogP contribution >= 0.6 is 0 Å². The van der Waals surface area contributed by atoms with E-state index in [0.717, 1.165) is 34.0 Å². The van der Waals surface area contributed by atoms with Gasteiger partial charge in [0.25, 0.3) is 0 Å². The number of benzene rings is 1. The Labute approximate surface area is 180 Å². The topological polar surface area (TPSA) is 121 Å². The third-order valence-corrected chi connectivity index (χ3v) is 7.65. The van der Waals surface area contributed by atoms with Gasteiger partial charge < -0.3 is 15.0 Å². The van der Waals surface area contributed by atoms with E-state index >= 15 is 0 Å². The fourth-order valence-electron chi connectivity index (χ4n) is 5.01. The number of aliphatic hydroxyl groups excluding tert-OH is 1. The molecule has 2 aliphatic carbocycles. The monoisotopic (exact) mass is 443 g/mol. The van der Waals surface area contributed by atoms with Gasteiger partial charge in [0.1, 0.15) is 17.8 Å². The van der Waals surface area contributed by atoms with Gasteiger partial charge in [-0.2, -0.15) is 12.7 Å². The van der Waals surface area contributed by atoms with Crippen LogP contribution in [0.15, 0.2) is 42.9 Å². The first-order valence-corrected chi connectivity index (χ1v) is 11.8. The molecule has 0 saturated heterocycles. The van der Waals surface area contributed by atoms with Crippen LogP contribution < -0.4 is 5.32 Å². The third-order valence-electron chi connectivity index (χ3n) is 6.65. The van der Waals surface area contributed by atoms with Gasteiger partial charge in [-0.1, -0.05) is 24.3 Å². The summed E-state index contributed by atoms with van der Waals surface area (Å²) >= 11 is 0. The smallest absolute Gasteiger partial charge is 0.335 e. The Morgan fingerprint density at radius 2 is 2.00 bits per heavy atom. The number of rotatable bonds is 5. The zero-order valence-corrected chi connectivity index (χ0v) is 17.9. The Balaban J connectivity index is 1.42. The molecule has 31 heavy (non-hydrogen) atoms. The Morgan fingerprint density at radius 1 is 1.19 bits per heavy atom. The molecule has 164 valence electrons. The molecule has 2 aliphatic rings. The zero-order chi connectivity index (χ0) is 21.8. The van der Waals surface area contributed by atoms with Gasteiger partial charge in [-0.05, 0) is 42.9 Å². The van der Waals surface area contributed by atoms with Crippen molar-refractivity contribution in [2.24, 2.45) is 0 Å². The third kappa shape index (κ3) is 3.59. The van der Waals surface area contributed by atoms with Crippen molar-refractivity contribution in [3.63, 3.8) is 0 Å². The first-order chi connectivity index (χ1) is 14.8. The van der Waals surface area contributed by atoms with Crippen molar-refractivity contribution in [3.8, 4) is 0 Å². The van der Waals surface area contributed by atoms with E-state index in [2.05, 4.69) is 39.6 Å². The van der Waals surface area contributed by atoms with Gasteiger partial charge in [0.2, 0.25) is 0 Å². The van der Waals surface area contributed by atoms with Crippen LogP contribution in [0.3, 0.4) is 0 Å². The highest BCUT2D eigenvalue weighted by molar-refractivity contribution is 7.83. The molecule has 1 aromatic carbocycles. The second-order valence-electron chi connectivity index (χ2n) is 8.37. The summed E-state index contributed by atoms with van der Waals surface area (Å²) in [6.07, 6.45) is 5.34. The molecule has 0 unspecified atom stereocenters. The molecule has 0 amide bonds. The van der Waals surface area contributed by atoms with E-state index in [1.165, 1.54) is 24.5 Å². The number of fused-ring (bicyclic) bond motifs is 2. The lowest BCUT2D eigenvalue weighted by Crippen LogP contribution is -2.41. The number of likely N-dealkylation sites (N-methyl/N-ethyl adjacent to an activating group) is 1. The van der Waals surface area contributed by atoms with Gasteiger partial charge in [-0.3, -0.25) is 4.55 Å². The molecule has 2 aromatic heterocycles. The average Bonchev–Trinajstić information content (AvgIpc) is 3.44. The van der Waals surface area contributed by atoms with Gasteiger partial charge in [-0.25, -0.2) is 9.97 Å². The Hall–Kier alpha value is -2.53.